The van der Waals surface area contributed by atoms with Gasteiger partial charge >= 0.3 is 5.97 Å². The van der Waals surface area contributed by atoms with Crippen LogP contribution in [0, 0.1) is 5.92 Å². The Kier molecular flexibility index (Phi) is 3.33. The minimum absolute atomic E-state index is 0.0486. The fraction of sp³-hybridized carbons (Fsp3) is 0.750. The van der Waals surface area contributed by atoms with Gasteiger partial charge in [0.05, 0.1) is 6.04 Å². The van der Waals surface area contributed by atoms with Crippen molar-refractivity contribution < 1.29 is 14.7 Å². The van der Waals surface area contributed by atoms with Crippen LogP contribution in [-0.2, 0) is 9.59 Å². The standard InChI is InChI=1S/C8H13NO3S/c1-4(2)6-8(12)13-3-5(9-6)7(10)11/h4-6,9H,3H2,1-2H3,(H,10,11). The van der Waals surface area contributed by atoms with Gasteiger partial charge in [-0.05, 0) is 5.92 Å². The van der Waals surface area contributed by atoms with Crippen LogP contribution in [0.25, 0.3) is 0 Å². The van der Waals surface area contributed by atoms with Crippen molar-refractivity contribution in [2.24, 2.45) is 5.92 Å². The fourth-order valence-corrected chi connectivity index (χ4v) is 2.28. The van der Waals surface area contributed by atoms with Gasteiger partial charge in [-0.3, -0.25) is 14.9 Å². The van der Waals surface area contributed by atoms with E-state index >= 15 is 0 Å². The number of rotatable bonds is 2. The van der Waals surface area contributed by atoms with Crippen LogP contribution in [0.5, 0.6) is 0 Å². The highest BCUT2D eigenvalue weighted by Crippen LogP contribution is 2.19. The van der Waals surface area contributed by atoms with E-state index in [1.807, 2.05) is 13.8 Å². The molecule has 13 heavy (non-hydrogen) atoms. The lowest BCUT2D eigenvalue weighted by Crippen LogP contribution is -2.53. The average Bonchev–Trinajstić information content (AvgIpc) is 2.04. The third kappa shape index (κ3) is 2.45. The number of nitrogens with one attached hydrogen (secondary N) is 1. The molecule has 2 N–H and O–H groups in total. The fourth-order valence-electron chi connectivity index (χ4n) is 1.20. The van der Waals surface area contributed by atoms with Gasteiger partial charge in [0.15, 0.2) is 0 Å². The zero-order chi connectivity index (χ0) is 10.0. The average molecular weight is 203 g/mol. The van der Waals surface area contributed by atoms with E-state index in [2.05, 4.69) is 5.32 Å². The van der Waals surface area contributed by atoms with Gasteiger partial charge in [-0.25, -0.2) is 0 Å². The largest absolute Gasteiger partial charge is 0.480 e. The highest BCUT2D eigenvalue weighted by atomic mass is 32.2. The van der Waals surface area contributed by atoms with Crippen LogP contribution in [0.1, 0.15) is 13.8 Å². The van der Waals surface area contributed by atoms with Crippen molar-refractivity contribution in [1.82, 2.24) is 5.32 Å². The summed E-state index contributed by atoms with van der Waals surface area (Å²) >= 11 is 1.11. The van der Waals surface area contributed by atoms with Crippen LogP contribution in [0.2, 0.25) is 0 Å². The van der Waals surface area contributed by atoms with Crippen LogP contribution < -0.4 is 5.32 Å². The molecule has 1 rings (SSSR count). The number of hydrogen-bond acceptors (Lipinski definition) is 4. The molecule has 0 aromatic carbocycles. The van der Waals surface area contributed by atoms with E-state index in [-0.39, 0.29) is 17.1 Å². The lowest BCUT2D eigenvalue weighted by molar-refractivity contribution is -0.139. The Morgan fingerprint density at radius 3 is 2.77 bits per heavy atom. The Morgan fingerprint density at radius 1 is 1.69 bits per heavy atom. The van der Waals surface area contributed by atoms with Crippen LogP contribution >= 0.6 is 11.8 Å². The third-order valence-corrected chi connectivity index (χ3v) is 3.03. The van der Waals surface area contributed by atoms with Crippen molar-refractivity contribution in [2.45, 2.75) is 25.9 Å². The van der Waals surface area contributed by atoms with Gasteiger partial charge in [0.1, 0.15) is 6.04 Å². The zero-order valence-corrected chi connectivity index (χ0v) is 8.43. The number of aliphatic carboxylic acids is 1. The van der Waals surface area contributed by atoms with E-state index in [0.717, 1.165) is 11.8 Å². The maximum Gasteiger partial charge on any atom is 0.321 e. The molecule has 0 amide bonds. The van der Waals surface area contributed by atoms with Gasteiger partial charge < -0.3 is 5.11 Å². The molecule has 0 radical (unpaired) electrons. The molecule has 1 aliphatic rings. The summed E-state index contributed by atoms with van der Waals surface area (Å²) in [5.41, 5.74) is 0. The van der Waals surface area contributed by atoms with Crippen molar-refractivity contribution in [3.63, 3.8) is 0 Å². The first-order valence-corrected chi connectivity index (χ1v) is 5.16. The van der Waals surface area contributed by atoms with Crippen molar-refractivity contribution in [3.05, 3.63) is 0 Å². The summed E-state index contributed by atoms with van der Waals surface area (Å²) in [5, 5.41) is 11.6. The van der Waals surface area contributed by atoms with Gasteiger partial charge in [-0.1, -0.05) is 25.6 Å². The summed E-state index contributed by atoms with van der Waals surface area (Å²) in [4.78, 5) is 22.0. The SMILES string of the molecule is CC(C)C1NC(C(=O)O)CSC1=O. The summed E-state index contributed by atoms with van der Waals surface area (Å²) in [7, 11) is 0. The maximum atomic E-state index is 11.3. The monoisotopic (exact) mass is 203 g/mol. The number of carbonyl (C=O) groups excluding carboxylic acids is 1. The van der Waals surface area contributed by atoms with E-state index < -0.39 is 12.0 Å². The second-order valence-corrected chi connectivity index (χ2v) is 4.43. The molecule has 0 spiro atoms. The van der Waals surface area contributed by atoms with E-state index in [1.54, 1.807) is 0 Å². The second kappa shape index (κ2) is 4.11. The molecule has 74 valence electrons. The zero-order valence-electron chi connectivity index (χ0n) is 7.61. The molecule has 1 aliphatic heterocycles. The van der Waals surface area contributed by atoms with Crippen LogP contribution in [-0.4, -0.2) is 34.0 Å². The Hall–Kier alpha value is -0.550. The molecule has 1 heterocycles. The number of carboxylic acids is 1. The molecular weight excluding hydrogens is 190 g/mol. The number of thioether (sulfide) groups is 1. The summed E-state index contributed by atoms with van der Waals surface area (Å²) < 4.78 is 0. The second-order valence-electron chi connectivity index (χ2n) is 3.41. The molecule has 0 aromatic rings. The highest BCUT2D eigenvalue weighted by molar-refractivity contribution is 8.13. The first-order chi connectivity index (χ1) is 6.02. The molecule has 0 aliphatic carbocycles. The lowest BCUT2D eigenvalue weighted by atomic mass is 10.0. The smallest absolute Gasteiger partial charge is 0.321 e. The Bertz CT molecular complexity index is 229. The predicted molar refractivity (Wildman–Crippen MR) is 50.7 cm³/mol. The van der Waals surface area contributed by atoms with Crippen molar-refractivity contribution in [2.75, 3.05) is 5.75 Å². The molecular formula is C8H13NO3S. The third-order valence-electron chi connectivity index (χ3n) is 1.99. The Balaban J connectivity index is 2.63. The molecule has 0 saturated carbocycles. The minimum atomic E-state index is -0.884. The molecule has 4 nitrogen and oxygen atoms in total. The van der Waals surface area contributed by atoms with Gasteiger partial charge in [0.25, 0.3) is 0 Å². The van der Waals surface area contributed by atoms with Gasteiger partial charge in [0.2, 0.25) is 5.12 Å². The van der Waals surface area contributed by atoms with Crippen molar-refractivity contribution >= 4 is 22.8 Å². The molecule has 5 heteroatoms. The van der Waals surface area contributed by atoms with Gasteiger partial charge in [-0.2, -0.15) is 0 Å². The number of carboxylic acid groups (broad SMARTS) is 1. The summed E-state index contributed by atoms with van der Waals surface area (Å²) in [5.74, 6) is -0.412. The first kappa shape index (κ1) is 10.5. The minimum Gasteiger partial charge on any atom is -0.480 e. The van der Waals surface area contributed by atoms with E-state index in [0.29, 0.717) is 5.75 Å². The summed E-state index contributed by atoms with van der Waals surface area (Å²) in [6.07, 6.45) is 0. The quantitative estimate of drug-likeness (QED) is 0.677. The molecule has 2 unspecified atom stereocenters. The molecule has 1 fully saturated rings. The highest BCUT2D eigenvalue weighted by Gasteiger charge is 2.33. The van der Waals surface area contributed by atoms with Crippen molar-refractivity contribution in [3.8, 4) is 0 Å². The van der Waals surface area contributed by atoms with Crippen LogP contribution in [0.4, 0.5) is 0 Å². The van der Waals surface area contributed by atoms with Gasteiger partial charge in [0, 0.05) is 5.75 Å². The Labute approximate surface area is 81.1 Å². The molecule has 0 bridgehead atoms. The topological polar surface area (TPSA) is 66.4 Å². The van der Waals surface area contributed by atoms with Crippen molar-refractivity contribution in [1.29, 1.82) is 0 Å². The molecule has 1 saturated heterocycles. The van der Waals surface area contributed by atoms with Crippen LogP contribution in [0.3, 0.4) is 0 Å². The summed E-state index contributed by atoms with van der Waals surface area (Å²) in [6.45, 7) is 3.81. The van der Waals surface area contributed by atoms with Gasteiger partial charge in [-0.15, -0.1) is 0 Å². The summed E-state index contributed by atoms with van der Waals surface area (Å²) in [6, 6.07) is -0.907. The van der Waals surface area contributed by atoms with Crippen LogP contribution in [0.15, 0.2) is 0 Å². The molecule has 0 aromatic heterocycles. The Morgan fingerprint density at radius 2 is 2.31 bits per heavy atom. The lowest BCUT2D eigenvalue weighted by Gasteiger charge is -2.29. The maximum absolute atomic E-state index is 11.3. The normalized spacial score (nSPS) is 29.3. The first-order valence-electron chi connectivity index (χ1n) is 4.18. The van der Waals surface area contributed by atoms with E-state index in [9.17, 15) is 9.59 Å². The molecule has 2 atom stereocenters. The number of hydrogen-bond donors (Lipinski definition) is 2. The van der Waals surface area contributed by atoms with E-state index in [1.165, 1.54) is 0 Å². The van der Waals surface area contributed by atoms with E-state index in [4.69, 9.17) is 5.11 Å². The predicted octanol–water partition coefficient (Wildman–Crippen LogP) is 0.327. The number of carbonyl (C=O) groups is 2.